The van der Waals surface area contributed by atoms with E-state index in [1.807, 2.05) is 30.3 Å². The van der Waals surface area contributed by atoms with E-state index in [9.17, 15) is 13.2 Å². The third-order valence-corrected chi connectivity index (χ3v) is 5.19. The van der Waals surface area contributed by atoms with Gasteiger partial charge in [-0.3, -0.25) is 14.3 Å². The highest BCUT2D eigenvalue weighted by atomic mass is 32.2. The van der Waals surface area contributed by atoms with Gasteiger partial charge in [0.15, 0.2) is 5.58 Å². The van der Waals surface area contributed by atoms with E-state index in [0.717, 1.165) is 5.56 Å². The molecule has 0 unspecified atom stereocenters. The van der Waals surface area contributed by atoms with Gasteiger partial charge in [0.25, 0.3) is 10.0 Å². The van der Waals surface area contributed by atoms with Crippen molar-refractivity contribution in [1.82, 2.24) is 9.29 Å². The molecule has 0 spiro atoms. The summed E-state index contributed by atoms with van der Waals surface area (Å²) in [6, 6.07) is 13.8. The summed E-state index contributed by atoms with van der Waals surface area (Å²) in [5, 5.41) is 0. The van der Waals surface area contributed by atoms with Gasteiger partial charge >= 0.3 is 5.76 Å². The lowest BCUT2D eigenvalue weighted by molar-refractivity contribution is 0.517. The van der Waals surface area contributed by atoms with E-state index in [1.54, 1.807) is 13.0 Å². The van der Waals surface area contributed by atoms with Gasteiger partial charge in [0.2, 0.25) is 0 Å². The van der Waals surface area contributed by atoms with Crippen LogP contribution in [0.25, 0.3) is 11.1 Å². The number of benzene rings is 2. The second kappa shape index (κ2) is 6.56. The van der Waals surface area contributed by atoms with E-state index in [2.05, 4.69) is 9.71 Å². The number of sulfonamides is 1. The summed E-state index contributed by atoms with van der Waals surface area (Å²) in [5.41, 5.74) is 1.70. The molecular weight excluding hydrogens is 342 g/mol. The average molecular weight is 359 g/mol. The Kier molecular flexibility index (Phi) is 4.45. The van der Waals surface area contributed by atoms with Crippen molar-refractivity contribution >= 4 is 27.0 Å². The SMILES string of the molecule is CN=C(C)NS(=O)(=O)c1ccc2c(c1)oc(=O)n2Cc1ccccc1. The Hall–Kier alpha value is -2.87. The molecule has 1 N–H and O–H groups in total. The van der Waals surface area contributed by atoms with Crippen molar-refractivity contribution in [3.8, 4) is 0 Å². The van der Waals surface area contributed by atoms with Gasteiger partial charge in [-0.1, -0.05) is 30.3 Å². The Balaban J connectivity index is 2.02. The van der Waals surface area contributed by atoms with Crippen LogP contribution in [0.2, 0.25) is 0 Å². The fraction of sp³-hybridized carbons (Fsp3) is 0.176. The van der Waals surface area contributed by atoms with Crippen LogP contribution in [0.3, 0.4) is 0 Å². The van der Waals surface area contributed by atoms with E-state index >= 15 is 0 Å². The molecule has 0 aliphatic rings. The summed E-state index contributed by atoms with van der Waals surface area (Å²) >= 11 is 0. The zero-order valence-electron chi connectivity index (χ0n) is 13.8. The van der Waals surface area contributed by atoms with Crippen LogP contribution in [0.1, 0.15) is 12.5 Å². The number of fused-ring (bicyclic) bond motifs is 1. The zero-order chi connectivity index (χ0) is 18.0. The van der Waals surface area contributed by atoms with E-state index in [-0.39, 0.29) is 16.3 Å². The molecule has 8 heteroatoms. The number of aliphatic imine (C=N–C) groups is 1. The molecule has 0 saturated carbocycles. The lowest BCUT2D eigenvalue weighted by Crippen LogP contribution is -2.28. The molecule has 2 aromatic carbocycles. The number of oxazole rings is 1. The highest BCUT2D eigenvalue weighted by Crippen LogP contribution is 2.19. The van der Waals surface area contributed by atoms with E-state index in [0.29, 0.717) is 12.1 Å². The summed E-state index contributed by atoms with van der Waals surface area (Å²) in [6.45, 7) is 1.89. The van der Waals surface area contributed by atoms with Gasteiger partial charge in [0, 0.05) is 13.1 Å². The molecule has 1 heterocycles. The van der Waals surface area contributed by atoms with Crippen molar-refractivity contribution in [2.75, 3.05) is 7.05 Å². The Morgan fingerprint density at radius 1 is 1.20 bits per heavy atom. The molecule has 7 nitrogen and oxygen atoms in total. The molecule has 1 aromatic heterocycles. The summed E-state index contributed by atoms with van der Waals surface area (Å²) in [5.74, 6) is -0.268. The second-order valence-electron chi connectivity index (χ2n) is 5.48. The van der Waals surface area contributed by atoms with E-state index < -0.39 is 15.8 Å². The first-order valence-corrected chi connectivity index (χ1v) is 9.02. The van der Waals surface area contributed by atoms with Crippen LogP contribution < -0.4 is 10.5 Å². The van der Waals surface area contributed by atoms with Crippen LogP contribution in [-0.2, 0) is 16.6 Å². The molecular formula is C17H17N3O4S. The molecule has 0 atom stereocenters. The maximum absolute atomic E-state index is 12.3. The van der Waals surface area contributed by atoms with Gasteiger partial charge in [-0.05, 0) is 24.6 Å². The van der Waals surface area contributed by atoms with Crippen LogP contribution >= 0.6 is 0 Å². The minimum Gasteiger partial charge on any atom is -0.408 e. The van der Waals surface area contributed by atoms with Gasteiger partial charge in [0.05, 0.1) is 17.0 Å². The van der Waals surface area contributed by atoms with Crippen molar-refractivity contribution in [2.45, 2.75) is 18.4 Å². The van der Waals surface area contributed by atoms with Crippen molar-refractivity contribution in [2.24, 2.45) is 4.99 Å². The zero-order valence-corrected chi connectivity index (χ0v) is 14.6. The maximum atomic E-state index is 12.3. The van der Waals surface area contributed by atoms with E-state index in [4.69, 9.17) is 4.42 Å². The molecule has 0 radical (unpaired) electrons. The smallest absolute Gasteiger partial charge is 0.408 e. The first-order valence-electron chi connectivity index (χ1n) is 7.54. The fourth-order valence-corrected chi connectivity index (χ4v) is 3.54. The Morgan fingerprint density at radius 3 is 2.60 bits per heavy atom. The van der Waals surface area contributed by atoms with Crippen LogP contribution in [0, 0.1) is 0 Å². The Morgan fingerprint density at radius 2 is 1.92 bits per heavy atom. The minimum absolute atomic E-state index is 0.00334. The molecule has 0 saturated heterocycles. The number of hydrogen-bond acceptors (Lipinski definition) is 5. The lowest BCUT2D eigenvalue weighted by atomic mass is 10.2. The third kappa shape index (κ3) is 3.48. The largest absolute Gasteiger partial charge is 0.420 e. The van der Waals surface area contributed by atoms with Crippen LogP contribution in [-0.4, -0.2) is 25.9 Å². The maximum Gasteiger partial charge on any atom is 0.420 e. The normalized spacial score (nSPS) is 12.5. The number of hydrogen-bond donors (Lipinski definition) is 1. The third-order valence-electron chi connectivity index (χ3n) is 3.75. The second-order valence-corrected chi connectivity index (χ2v) is 7.17. The molecule has 0 aliphatic heterocycles. The molecule has 25 heavy (non-hydrogen) atoms. The Labute approximate surface area is 144 Å². The van der Waals surface area contributed by atoms with Gasteiger partial charge in [0.1, 0.15) is 5.84 Å². The fourth-order valence-electron chi connectivity index (χ4n) is 2.43. The summed E-state index contributed by atoms with van der Waals surface area (Å²) in [4.78, 5) is 15.9. The molecule has 0 amide bonds. The highest BCUT2D eigenvalue weighted by molar-refractivity contribution is 7.90. The number of aromatic nitrogens is 1. The predicted octanol–water partition coefficient (Wildman–Crippen LogP) is 1.97. The first kappa shape index (κ1) is 17.0. The van der Waals surface area contributed by atoms with Crippen molar-refractivity contribution in [1.29, 1.82) is 0 Å². The molecule has 3 rings (SSSR count). The molecule has 3 aromatic rings. The van der Waals surface area contributed by atoms with Crippen LogP contribution in [0.5, 0.6) is 0 Å². The standard InChI is InChI=1S/C17H17N3O4S/c1-12(18-2)19-25(22,23)14-8-9-15-16(10-14)24-17(21)20(15)11-13-6-4-3-5-7-13/h3-10H,11H2,1-2H3,(H,18,19). The van der Waals surface area contributed by atoms with Gasteiger partial charge in [-0.15, -0.1) is 0 Å². The minimum atomic E-state index is -3.78. The Bertz CT molecular complexity index is 1100. The number of nitrogens with zero attached hydrogens (tertiary/aromatic N) is 2. The van der Waals surface area contributed by atoms with Crippen molar-refractivity contribution in [3.05, 3.63) is 64.6 Å². The molecule has 0 bridgehead atoms. The molecule has 130 valence electrons. The highest BCUT2D eigenvalue weighted by Gasteiger charge is 2.18. The monoisotopic (exact) mass is 359 g/mol. The molecule has 0 fully saturated rings. The topological polar surface area (TPSA) is 93.7 Å². The molecule has 0 aliphatic carbocycles. The van der Waals surface area contributed by atoms with Crippen LogP contribution in [0.4, 0.5) is 0 Å². The number of amidine groups is 1. The van der Waals surface area contributed by atoms with Gasteiger partial charge in [-0.25, -0.2) is 13.2 Å². The van der Waals surface area contributed by atoms with Gasteiger partial charge in [-0.2, -0.15) is 0 Å². The van der Waals surface area contributed by atoms with Crippen LogP contribution in [0.15, 0.2) is 67.6 Å². The summed E-state index contributed by atoms with van der Waals surface area (Å²) in [7, 11) is -2.29. The van der Waals surface area contributed by atoms with Crippen molar-refractivity contribution in [3.63, 3.8) is 0 Å². The van der Waals surface area contributed by atoms with Crippen molar-refractivity contribution < 1.29 is 12.8 Å². The first-order chi connectivity index (χ1) is 11.9. The predicted molar refractivity (Wildman–Crippen MR) is 95.4 cm³/mol. The van der Waals surface area contributed by atoms with E-state index in [1.165, 1.54) is 23.7 Å². The average Bonchev–Trinajstić information content (AvgIpc) is 2.90. The summed E-state index contributed by atoms with van der Waals surface area (Å²) < 4.78 is 33.7. The summed E-state index contributed by atoms with van der Waals surface area (Å²) in [6.07, 6.45) is 0. The number of nitrogens with one attached hydrogen (secondary N) is 1. The quantitative estimate of drug-likeness (QED) is 0.569. The lowest BCUT2D eigenvalue weighted by Gasteiger charge is -2.07. The van der Waals surface area contributed by atoms with Gasteiger partial charge < -0.3 is 4.42 Å². The number of rotatable bonds is 4.